The summed E-state index contributed by atoms with van der Waals surface area (Å²) in [5.74, 6) is 0.255. The third-order valence-electron chi connectivity index (χ3n) is 2.46. The van der Waals surface area contributed by atoms with E-state index in [4.69, 9.17) is 0 Å². The van der Waals surface area contributed by atoms with Crippen molar-refractivity contribution in [1.82, 2.24) is 10.6 Å². The second kappa shape index (κ2) is 12.0. The van der Waals surface area contributed by atoms with E-state index in [0.29, 0.717) is 12.8 Å². The summed E-state index contributed by atoms with van der Waals surface area (Å²) in [6, 6.07) is 0.439. The Kier molecular flexibility index (Phi) is 12.8. The number of rotatable bonds is 9. The fourth-order valence-corrected chi connectivity index (χ4v) is 1.71. The van der Waals surface area contributed by atoms with Crippen molar-refractivity contribution < 1.29 is 9.59 Å². The van der Waals surface area contributed by atoms with Crippen molar-refractivity contribution in [2.24, 2.45) is 0 Å². The predicted molar refractivity (Wildman–Crippen MR) is 81.0 cm³/mol. The number of carbonyl (C=O) groups excluding carboxylic acids is 2. The lowest BCUT2D eigenvalue weighted by Crippen LogP contribution is -2.30. The first-order valence-corrected chi connectivity index (χ1v) is 7.00. The Bertz CT molecular complexity index is 225. The molecule has 114 valence electrons. The molecule has 0 atom stereocenters. The van der Waals surface area contributed by atoms with Gasteiger partial charge in [0.05, 0.1) is 0 Å². The third-order valence-corrected chi connectivity index (χ3v) is 2.46. The number of nitrogens with one attached hydrogen (secondary N) is 2. The van der Waals surface area contributed by atoms with Crippen LogP contribution in [0.1, 0.15) is 73.6 Å². The summed E-state index contributed by atoms with van der Waals surface area (Å²) >= 11 is 0. The van der Waals surface area contributed by atoms with Gasteiger partial charge in [-0.2, -0.15) is 0 Å². The first kappa shape index (κ1) is 20.3. The van der Waals surface area contributed by atoms with Crippen LogP contribution in [0.15, 0.2) is 0 Å². The van der Waals surface area contributed by atoms with Gasteiger partial charge in [0, 0.05) is 24.9 Å². The fourth-order valence-electron chi connectivity index (χ4n) is 1.71. The highest BCUT2D eigenvalue weighted by Gasteiger charge is 2.04. The fraction of sp³-hybridized carbons (Fsp3) is 0.867. The van der Waals surface area contributed by atoms with E-state index in [1.165, 1.54) is 0 Å². The molecule has 0 aromatic rings. The zero-order valence-electron chi connectivity index (χ0n) is 12.2. The summed E-state index contributed by atoms with van der Waals surface area (Å²) in [6.07, 6.45) is 5.03. The maximum atomic E-state index is 11.3. The minimum atomic E-state index is 0. The highest BCUT2D eigenvalue weighted by atomic mass is 16.2. The molecule has 0 heterocycles. The molecule has 0 rings (SSSR count). The van der Waals surface area contributed by atoms with Gasteiger partial charge >= 0.3 is 0 Å². The molecule has 4 nitrogen and oxygen atoms in total. The van der Waals surface area contributed by atoms with E-state index in [1.807, 2.05) is 27.7 Å². The molecular weight excluding hydrogens is 240 g/mol. The van der Waals surface area contributed by atoms with E-state index in [0.717, 1.165) is 25.7 Å². The van der Waals surface area contributed by atoms with E-state index < -0.39 is 0 Å². The van der Waals surface area contributed by atoms with Crippen molar-refractivity contribution in [2.45, 2.75) is 85.7 Å². The van der Waals surface area contributed by atoms with Crippen LogP contribution in [-0.2, 0) is 9.59 Å². The number of hydrogen-bond acceptors (Lipinski definition) is 2. The standard InChI is InChI=1S/C14H28N2O2.CH4/c1-11(2)15-13(17)9-7-5-6-8-10-14(18)16-12(3)4;/h11-12H,5-10H2,1-4H3,(H,15,17)(H,16,18);1H4. The van der Waals surface area contributed by atoms with Gasteiger partial charge < -0.3 is 10.6 Å². The van der Waals surface area contributed by atoms with Gasteiger partial charge in [0.1, 0.15) is 0 Å². The smallest absolute Gasteiger partial charge is 0.220 e. The van der Waals surface area contributed by atoms with Crippen molar-refractivity contribution in [2.75, 3.05) is 0 Å². The molecule has 0 saturated heterocycles. The summed E-state index contributed by atoms with van der Waals surface area (Å²) < 4.78 is 0. The van der Waals surface area contributed by atoms with Crippen LogP contribution in [0.2, 0.25) is 0 Å². The molecule has 4 heteroatoms. The minimum absolute atomic E-state index is 0. The number of hydrogen-bond donors (Lipinski definition) is 2. The van der Waals surface area contributed by atoms with E-state index in [9.17, 15) is 9.59 Å². The predicted octanol–water partition coefficient (Wildman–Crippen LogP) is 3.01. The van der Waals surface area contributed by atoms with Gasteiger partial charge in [0.25, 0.3) is 0 Å². The van der Waals surface area contributed by atoms with Crippen LogP contribution in [0.3, 0.4) is 0 Å². The summed E-state index contributed by atoms with van der Waals surface area (Å²) in [4.78, 5) is 22.7. The van der Waals surface area contributed by atoms with Crippen LogP contribution in [0.25, 0.3) is 0 Å². The largest absolute Gasteiger partial charge is 0.354 e. The van der Waals surface area contributed by atoms with Gasteiger partial charge in [0.15, 0.2) is 0 Å². The van der Waals surface area contributed by atoms with Crippen LogP contribution in [0, 0.1) is 0 Å². The molecule has 0 fully saturated rings. The molecule has 0 aliphatic carbocycles. The number of carbonyl (C=O) groups is 2. The highest BCUT2D eigenvalue weighted by molar-refractivity contribution is 5.76. The molecule has 0 unspecified atom stereocenters. The van der Waals surface area contributed by atoms with Gasteiger partial charge in [0.2, 0.25) is 11.8 Å². The molecule has 0 aliphatic heterocycles. The van der Waals surface area contributed by atoms with Gasteiger partial charge in [-0.15, -0.1) is 0 Å². The zero-order chi connectivity index (χ0) is 14.0. The zero-order valence-corrected chi connectivity index (χ0v) is 12.2. The average Bonchev–Trinajstić information content (AvgIpc) is 2.20. The lowest BCUT2D eigenvalue weighted by atomic mass is 10.1. The van der Waals surface area contributed by atoms with E-state index in [1.54, 1.807) is 0 Å². The normalized spacial score (nSPS) is 10.2. The summed E-state index contributed by atoms with van der Waals surface area (Å²) in [6.45, 7) is 7.85. The van der Waals surface area contributed by atoms with Crippen LogP contribution in [0.5, 0.6) is 0 Å². The molecular formula is C15H32N2O2. The Labute approximate surface area is 118 Å². The molecule has 2 N–H and O–H groups in total. The molecule has 0 spiro atoms. The van der Waals surface area contributed by atoms with E-state index in [2.05, 4.69) is 10.6 Å². The molecule has 0 saturated carbocycles. The van der Waals surface area contributed by atoms with Crippen molar-refractivity contribution in [3.63, 3.8) is 0 Å². The maximum absolute atomic E-state index is 11.3. The molecule has 0 aromatic heterocycles. The molecule has 0 aliphatic rings. The summed E-state index contributed by atoms with van der Waals surface area (Å²) in [7, 11) is 0. The van der Waals surface area contributed by atoms with E-state index >= 15 is 0 Å². The number of amides is 2. The molecule has 2 amide bonds. The average molecular weight is 272 g/mol. The quantitative estimate of drug-likeness (QED) is 0.634. The molecule has 0 bridgehead atoms. The monoisotopic (exact) mass is 272 g/mol. The van der Waals surface area contributed by atoms with Crippen LogP contribution in [0.4, 0.5) is 0 Å². The van der Waals surface area contributed by atoms with Gasteiger partial charge in [-0.25, -0.2) is 0 Å². The van der Waals surface area contributed by atoms with Crippen LogP contribution >= 0.6 is 0 Å². The highest BCUT2D eigenvalue weighted by Crippen LogP contribution is 2.05. The Morgan fingerprint density at radius 1 is 0.737 bits per heavy atom. The second-order valence-electron chi connectivity index (χ2n) is 5.36. The van der Waals surface area contributed by atoms with E-state index in [-0.39, 0.29) is 31.3 Å². The van der Waals surface area contributed by atoms with Crippen LogP contribution in [-0.4, -0.2) is 23.9 Å². The molecule has 0 radical (unpaired) electrons. The maximum Gasteiger partial charge on any atom is 0.220 e. The summed E-state index contributed by atoms with van der Waals surface area (Å²) in [5.41, 5.74) is 0. The van der Waals surface area contributed by atoms with Crippen LogP contribution < -0.4 is 10.6 Å². The second-order valence-corrected chi connectivity index (χ2v) is 5.36. The number of unbranched alkanes of at least 4 members (excludes halogenated alkanes) is 3. The van der Waals surface area contributed by atoms with Crippen molar-refractivity contribution in [3.8, 4) is 0 Å². The lowest BCUT2D eigenvalue weighted by molar-refractivity contribution is -0.122. The molecule has 19 heavy (non-hydrogen) atoms. The first-order chi connectivity index (χ1) is 8.41. The van der Waals surface area contributed by atoms with Crippen molar-refractivity contribution in [1.29, 1.82) is 0 Å². The van der Waals surface area contributed by atoms with Gasteiger partial charge in [-0.3, -0.25) is 9.59 Å². The molecule has 0 aromatic carbocycles. The first-order valence-electron chi connectivity index (χ1n) is 7.00. The Morgan fingerprint density at radius 3 is 1.32 bits per heavy atom. The Hall–Kier alpha value is -1.06. The van der Waals surface area contributed by atoms with Gasteiger partial charge in [-0.1, -0.05) is 20.3 Å². The van der Waals surface area contributed by atoms with Gasteiger partial charge in [-0.05, 0) is 40.5 Å². The Morgan fingerprint density at radius 2 is 1.05 bits per heavy atom. The third kappa shape index (κ3) is 14.9. The lowest BCUT2D eigenvalue weighted by Gasteiger charge is -2.08. The van der Waals surface area contributed by atoms with Crippen molar-refractivity contribution in [3.05, 3.63) is 0 Å². The SMILES string of the molecule is C.CC(C)NC(=O)CCCCCCC(=O)NC(C)C. The topological polar surface area (TPSA) is 58.2 Å². The Balaban J connectivity index is 0. The minimum Gasteiger partial charge on any atom is -0.354 e. The summed E-state index contributed by atoms with van der Waals surface area (Å²) in [5, 5.41) is 5.74. The van der Waals surface area contributed by atoms with Crippen molar-refractivity contribution >= 4 is 11.8 Å².